The molecular weight excluding hydrogens is 543 g/mol. The van der Waals surface area contributed by atoms with Crippen LogP contribution < -0.4 is 14.8 Å². The van der Waals surface area contributed by atoms with Crippen LogP contribution in [0.4, 0.5) is 4.39 Å². The first kappa shape index (κ1) is 29.7. The number of aliphatic hydroxyl groups is 2. The van der Waals surface area contributed by atoms with E-state index in [0.717, 1.165) is 25.7 Å². The molecule has 224 valence electrons. The molecule has 9 nitrogen and oxygen atoms in total. The minimum Gasteiger partial charge on any atom is -0.493 e. The molecular formula is C32H37FN2O7. The third-order valence-electron chi connectivity index (χ3n) is 8.63. The predicted molar refractivity (Wildman–Crippen MR) is 152 cm³/mol. The second kappa shape index (κ2) is 13.0. The molecule has 5 rings (SSSR count). The molecule has 2 aromatic rings. The van der Waals surface area contributed by atoms with Crippen molar-refractivity contribution < 1.29 is 38.5 Å². The number of methoxy groups -OCH3 is 1. The largest absolute Gasteiger partial charge is 0.493 e. The second-order valence-electron chi connectivity index (χ2n) is 11.2. The Balaban J connectivity index is 1.56. The molecule has 1 aliphatic heterocycles. The summed E-state index contributed by atoms with van der Waals surface area (Å²) in [5, 5.41) is 23.8. The van der Waals surface area contributed by atoms with Crippen molar-refractivity contribution in [2.24, 2.45) is 5.92 Å². The fourth-order valence-electron chi connectivity index (χ4n) is 6.50. The van der Waals surface area contributed by atoms with Gasteiger partial charge >= 0.3 is 0 Å². The molecule has 0 aromatic heterocycles. The normalized spacial score (nSPS) is 22.9. The molecule has 0 radical (unpaired) electrons. The highest BCUT2D eigenvalue weighted by atomic mass is 19.1. The van der Waals surface area contributed by atoms with Crippen LogP contribution in [0.15, 0.2) is 48.0 Å². The summed E-state index contributed by atoms with van der Waals surface area (Å²) >= 11 is 0. The zero-order chi connectivity index (χ0) is 29.8. The molecule has 3 N–H and O–H groups in total. The first-order valence-corrected chi connectivity index (χ1v) is 14.5. The number of amides is 2. The molecule has 3 aliphatic rings. The van der Waals surface area contributed by atoms with Crippen molar-refractivity contribution in [3.63, 3.8) is 0 Å². The van der Waals surface area contributed by atoms with Crippen LogP contribution >= 0.6 is 0 Å². The number of halogens is 1. The summed E-state index contributed by atoms with van der Waals surface area (Å²) in [5.41, 5.74) is 1.31. The van der Waals surface area contributed by atoms with Gasteiger partial charge in [-0.05, 0) is 36.6 Å². The summed E-state index contributed by atoms with van der Waals surface area (Å²) in [5.74, 6) is -0.988. The molecule has 4 atom stereocenters. The van der Waals surface area contributed by atoms with E-state index in [-0.39, 0.29) is 48.9 Å². The Morgan fingerprint density at radius 2 is 1.98 bits per heavy atom. The van der Waals surface area contributed by atoms with E-state index in [0.29, 0.717) is 35.5 Å². The van der Waals surface area contributed by atoms with Gasteiger partial charge in [0.05, 0.1) is 25.7 Å². The quantitative estimate of drug-likeness (QED) is 0.349. The lowest BCUT2D eigenvalue weighted by molar-refractivity contribution is -0.138. The number of fused-ring (bicyclic) bond motifs is 3. The van der Waals surface area contributed by atoms with Gasteiger partial charge in [-0.15, -0.1) is 0 Å². The van der Waals surface area contributed by atoms with Crippen molar-refractivity contribution in [1.82, 2.24) is 10.2 Å². The van der Waals surface area contributed by atoms with Crippen LogP contribution in [0.25, 0.3) is 0 Å². The molecule has 42 heavy (non-hydrogen) atoms. The second-order valence-corrected chi connectivity index (χ2v) is 11.2. The number of carbonyl (C=O) groups excluding carboxylic acids is 3. The lowest BCUT2D eigenvalue weighted by Gasteiger charge is -2.41. The third-order valence-corrected chi connectivity index (χ3v) is 8.63. The molecule has 10 heteroatoms. The van der Waals surface area contributed by atoms with Crippen LogP contribution in [0.5, 0.6) is 11.5 Å². The van der Waals surface area contributed by atoms with Crippen LogP contribution in [-0.4, -0.2) is 71.7 Å². The fraction of sp³-hybridized carbons (Fsp3) is 0.469. The number of rotatable bonds is 11. The molecule has 1 heterocycles. The van der Waals surface area contributed by atoms with Crippen molar-refractivity contribution in [1.29, 1.82) is 0 Å². The minimum atomic E-state index is -1.29. The van der Waals surface area contributed by atoms with Gasteiger partial charge in [-0.2, -0.15) is 0 Å². The van der Waals surface area contributed by atoms with Gasteiger partial charge < -0.3 is 29.9 Å². The van der Waals surface area contributed by atoms with Crippen LogP contribution in [0.2, 0.25) is 0 Å². The number of aliphatic hydroxyl groups excluding tert-OH is 2. The maximum absolute atomic E-state index is 14.8. The summed E-state index contributed by atoms with van der Waals surface area (Å²) < 4.78 is 26.5. The Hall–Kier alpha value is -3.76. The van der Waals surface area contributed by atoms with Crippen molar-refractivity contribution >= 4 is 18.1 Å². The Morgan fingerprint density at radius 1 is 1.21 bits per heavy atom. The van der Waals surface area contributed by atoms with Gasteiger partial charge in [0, 0.05) is 41.8 Å². The van der Waals surface area contributed by atoms with Gasteiger partial charge in [-0.1, -0.05) is 43.9 Å². The van der Waals surface area contributed by atoms with Crippen LogP contribution in [0, 0.1) is 11.7 Å². The molecule has 1 saturated carbocycles. The van der Waals surface area contributed by atoms with Gasteiger partial charge in [0.25, 0.3) is 0 Å². The average Bonchev–Trinajstić information content (AvgIpc) is 3.67. The van der Waals surface area contributed by atoms with Crippen LogP contribution in [0.1, 0.15) is 65.9 Å². The monoisotopic (exact) mass is 580 g/mol. The summed E-state index contributed by atoms with van der Waals surface area (Å²) in [6.45, 7) is -0.400. The van der Waals surface area contributed by atoms with Gasteiger partial charge in [0.2, 0.25) is 11.8 Å². The molecule has 2 aliphatic carbocycles. The topological polar surface area (TPSA) is 125 Å². The van der Waals surface area contributed by atoms with Crippen molar-refractivity contribution in [2.75, 3.05) is 20.3 Å². The zero-order valence-corrected chi connectivity index (χ0v) is 23.6. The Labute approximate surface area is 244 Å². The Kier molecular flexibility index (Phi) is 9.23. The third kappa shape index (κ3) is 5.91. The van der Waals surface area contributed by atoms with E-state index in [2.05, 4.69) is 5.32 Å². The van der Waals surface area contributed by atoms with Crippen molar-refractivity contribution in [3.8, 4) is 11.5 Å². The minimum absolute atomic E-state index is 0.00848. The number of hydrogen-bond acceptors (Lipinski definition) is 7. The predicted octanol–water partition coefficient (Wildman–Crippen LogP) is 3.27. The number of nitrogens with one attached hydrogen (secondary N) is 1. The standard InChI is InChI=1S/C32H37FN2O7/c1-41-26-15-20(18-37)14-22-28-23(32(40)34-12-13-36)16-25(29(39)31(28)42-30(22)26)35(17-21-8-4-5-9-24(21)33)27(38)11-10-19-6-2-3-7-19/h4-5,8-9,14-16,18-19,25,28-29,31,36,39H,2-3,6-7,10-13,17H2,1H3,(H,34,40)/t25-,28+,29+,31+/m1/s1. The van der Waals surface area contributed by atoms with Crippen molar-refractivity contribution in [3.05, 3.63) is 70.6 Å². The van der Waals surface area contributed by atoms with Crippen molar-refractivity contribution in [2.45, 2.75) is 69.2 Å². The van der Waals surface area contributed by atoms with Gasteiger partial charge in [-0.25, -0.2) is 4.39 Å². The average molecular weight is 581 g/mol. The number of benzene rings is 2. The number of carbonyl (C=O) groups is 3. The van der Waals surface area contributed by atoms with Gasteiger partial charge in [-0.3, -0.25) is 14.4 Å². The van der Waals surface area contributed by atoms with E-state index in [1.54, 1.807) is 30.3 Å². The smallest absolute Gasteiger partial charge is 0.247 e. The van der Waals surface area contributed by atoms with E-state index < -0.39 is 35.9 Å². The van der Waals surface area contributed by atoms with Gasteiger partial charge in [0.15, 0.2) is 11.5 Å². The number of hydrogen-bond donors (Lipinski definition) is 3. The summed E-state index contributed by atoms with van der Waals surface area (Å²) in [6, 6.07) is 8.27. The highest BCUT2D eigenvalue weighted by Crippen LogP contribution is 2.51. The zero-order valence-electron chi connectivity index (χ0n) is 23.6. The SMILES string of the molecule is COc1cc(C=O)cc2c1O[C@@H]1[C@@H](O)[C@H](N(Cc3ccccc3F)C(=O)CCC3CCCC3)C=C(C(=O)NCCO)[C@H]21. The Morgan fingerprint density at radius 3 is 2.67 bits per heavy atom. The van der Waals surface area contributed by atoms with E-state index in [4.69, 9.17) is 9.47 Å². The fourth-order valence-corrected chi connectivity index (χ4v) is 6.50. The van der Waals surface area contributed by atoms with Crippen LogP contribution in [0.3, 0.4) is 0 Å². The maximum Gasteiger partial charge on any atom is 0.247 e. The molecule has 1 fully saturated rings. The Bertz CT molecular complexity index is 1360. The number of nitrogens with zero attached hydrogens (tertiary/aromatic N) is 1. The number of aldehydes is 1. The molecule has 0 spiro atoms. The van der Waals surface area contributed by atoms with E-state index in [9.17, 15) is 29.0 Å². The highest BCUT2D eigenvalue weighted by molar-refractivity contribution is 5.96. The molecule has 0 unspecified atom stereocenters. The molecule has 0 saturated heterocycles. The van der Waals surface area contributed by atoms with E-state index in [1.165, 1.54) is 24.1 Å². The molecule has 2 amide bonds. The van der Waals surface area contributed by atoms with E-state index in [1.807, 2.05) is 0 Å². The number of ether oxygens (including phenoxy) is 2. The molecule has 0 bridgehead atoms. The lowest BCUT2D eigenvalue weighted by atomic mass is 9.77. The summed E-state index contributed by atoms with van der Waals surface area (Å²) in [4.78, 5) is 40.4. The highest BCUT2D eigenvalue weighted by Gasteiger charge is 2.51. The summed E-state index contributed by atoms with van der Waals surface area (Å²) in [6.07, 6.45) is 5.28. The first-order valence-electron chi connectivity index (χ1n) is 14.5. The summed E-state index contributed by atoms with van der Waals surface area (Å²) in [7, 11) is 1.43. The van der Waals surface area contributed by atoms with Crippen LogP contribution in [-0.2, 0) is 16.1 Å². The first-order chi connectivity index (χ1) is 20.4. The lowest BCUT2D eigenvalue weighted by Crippen LogP contribution is -2.55. The van der Waals surface area contributed by atoms with E-state index >= 15 is 0 Å². The maximum atomic E-state index is 14.8. The molecule has 2 aromatic carbocycles. The van der Waals surface area contributed by atoms with Gasteiger partial charge in [0.1, 0.15) is 24.3 Å².